The van der Waals surface area contributed by atoms with Gasteiger partial charge in [0.05, 0.1) is 5.52 Å². The summed E-state index contributed by atoms with van der Waals surface area (Å²) in [5.74, 6) is -0.494. The number of rotatable bonds is 8. The maximum Gasteiger partial charge on any atom is 0.344 e. The van der Waals surface area contributed by atoms with Gasteiger partial charge in [0, 0.05) is 37.6 Å². The molecule has 2 fully saturated rings. The van der Waals surface area contributed by atoms with Gasteiger partial charge in [0.25, 0.3) is 5.56 Å². The highest BCUT2D eigenvalue weighted by atomic mass is 16.5. The van der Waals surface area contributed by atoms with E-state index in [1.54, 1.807) is 10.6 Å². The Hall–Kier alpha value is -2.18. The summed E-state index contributed by atoms with van der Waals surface area (Å²) in [6.45, 7) is 5.23. The van der Waals surface area contributed by atoms with Crippen LogP contribution in [0.1, 0.15) is 75.2 Å². The van der Waals surface area contributed by atoms with E-state index in [0.717, 1.165) is 62.4 Å². The van der Waals surface area contributed by atoms with E-state index in [1.807, 2.05) is 38.1 Å². The first-order valence-electron chi connectivity index (χ1n) is 11.7. The van der Waals surface area contributed by atoms with Crippen molar-refractivity contribution >= 4 is 16.9 Å². The molecule has 0 amide bonds. The van der Waals surface area contributed by atoms with Crippen molar-refractivity contribution in [3.63, 3.8) is 0 Å². The van der Waals surface area contributed by atoms with Gasteiger partial charge >= 0.3 is 5.97 Å². The molecule has 2 aliphatic heterocycles. The molecule has 2 bridgehead atoms. The van der Waals surface area contributed by atoms with Crippen LogP contribution in [0.2, 0.25) is 0 Å². The molecule has 6 heteroatoms. The van der Waals surface area contributed by atoms with E-state index in [9.17, 15) is 9.59 Å². The zero-order chi connectivity index (χ0) is 22.0. The molecule has 3 atom stereocenters. The Morgan fingerprint density at radius 1 is 1.13 bits per heavy atom. The van der Waals surface area contributed by atoms with Crippen molar-refractivity contribution in [3.8, 4) is 0 Å². The number of aromatic nitrogens is 1. The first-order valence-corrected chi connectivity index (χ1v) is 11.7. The van der Waals surface area contributed by atoms with E-state index in [2.05, 4.69) is 4.90 Å². The molecular weight excluding hydrogens is 392 g/mol. The number of piperidine rings is 1. The fraction of sp³-hybridized carbons (Fsp3) is 0.600. The van der Waals surface area contributed by atoms with Crippen LogP contribution < -0.4 is 5.56 Å². The van der Waals surface area contributed by atoms with Gasteiger partial charge in [-0.25, -0.2) is 4.79 Å². The molecule has 1 aromatic carbocycles. The van der Waals surface area contributed by atoms with Crippen LogP contribution in [-0.4, -0.2) is 51.9 Å². The first-order chi connectivity index (χ1) is 15.0. The van der Waals surface area contributed by atoms with Gasteiger partial charge in [-0.2, -0.15) is 0 Å². The summed E-state index contributed by atoms with van der Waals surface area (Å²) in [4.78, 5) is 28.7. The van der Waals surface area contributed by atoms with Crippen molar-refractivity contribution in [3.05, 3.63) is 46.2 Å². The van der Waals surface area contributed by atoms with Gasteiger partial charge in [-0.1, -0.05) is 18.2 Å². The summed E-state index contributed by atoms with van der Waals surface area (Å²) in [5.41, 5.74) is 0.695. The van der Waals surface area contributed by atoms with Crippen LogP contribution in [0, 0.1) is 0 Å². The molecule has 4 rings (SSSR count). The van der Waals surface area contributed by atoms with Gasteiger partial charge in [0.15, 0.2) is 0 Å². The van der Waals surface area contributed by atoms with Crippen molar-refractivity contribution in [1.29, 1.82) is 0 Å². The second-order valence-electron chi connectivity index (χ2n) is 9.29. The number of hydrogen-bond acceptors (Lipinski definition) is 5. The molecule has 3 heterocycles. The molecule has 0 radical (unpaired) electrons. The van der Waals surface area contributed by atoms with Crippen LogP contribution in [0.25, 0.3) is 10.9 Å². The minimum Gasteiger partial charge on any atom is -0.459 e. The Labute approximate surface area is 183 Å². The fourth-order valence-corrected chi connectivity index (χ4v) is 5.43. The normalized spacial score (nSPS) is 23.5. The van der Waals surface area contributed by atoms with Gasteiger partial charge in [0.1, 0.15) is 11.7 Å². The lowest BCUT2D eigenvalue weighted by atomic mass is 9.99. The Morgan fingerprint density at radius 2 is 1.84 bits per heavy atom. The second-order valence-corrected chi connectivity index (χ2v) is 9.29. The van der Waals surface area contributed by atoms with Crippen LogP contribution in [0.3, 0.4) is 0 Å². The molecule has 0 saturated carbocycles. The highest BCUT2D eigenvalue weighted by molar-refractivity contribution is 5.94. The van der Waals surface area contributed by atoms with E-state index in [-0.39, 0.29) is 29.9 Å². The molecule has 1 unspecified atom stereocenters. The number of nitrogens with zero attached hydrogens (tertiary/aromatic N) is 2. The number of carbonyl (C=O) groups excluding carboxylic acids is 1. The van der Waals surface area contributed by atoms with Gasteiger partial charge in [-0.3, -0.25) is 9.69 Å². The molecule has 0 aliphatic carbocycles. The quantitative estimate of drug-likeness (QED) is 0.512. The van der Waals surface area contributed by atoms with Crippen molar-refractivity contribution in [2.75, 3.05) is 13.2 Å². The Bertz CT molecular complexity index is 969. The maximum absolute atomic E-state index is 13.1. The fourth-order valence-electron chi connectivity index (χ4n) is 5.43. The number of aliphatic hydroxyl groups excluding tert-OH is 1. The molecule has 2 saturated heterocycles. The van der Waals surface area contributed by atoms with Crippen LogP contribution in [0.15, 0.2) is 35.1 Å². The molecule has 6 nitrogen and oxygen atoms in total. The van der Waals surface area contributed by atoms with E-state index in [1.165, 1.54) is 0 Å². The van der Waals surface area contributed by atoms with Gasteiger partial charge in [-0.15, -0.1) is 0 Å². The minimum absolute atomic E-state index is 0.0462. The minimum atomic E-state index is -0.494. The number of ether oxygens (including phenoxy) is 1. The van der Waals surface area contributed by atoms with Crippen LogP contribution >= 0.6 is 0 Å². The summed E-state index contributed by atoms with van der Waals surface area (Å²) >= 11 is 0. The Balaban J connectivity index is 1.47. The number of carbonyl (C=O) groups is 1. The third-order valence-corrected chi connectivity index (χ3v) is 6.87. The zero-order valence-electron chi connectivity index (χ0n) is 18.6. The molecule has 168 valence electrons. The maximum atomic E-state index is 13.1. The standard InChI is InChI=1S/C25H34N2O4/c1-17(2)27-23-9-5-4-8-18(23)14-22(24(27)29)25(30)31-21-15-19-10-11-20(16-21)26(19)12-6-3-7-13-28/h4-5,8-9,14,17,19-21,28H,3,6-7,10-13,15-16H2,1-2H3/t19-,20+,21?. The predicted molar refractivity (Wildman–Crippen MR) is 121 cm³/mol. The number of fused-ring (bicyclic) bond motifs is 3. The van der Waals surface area contributed by atoms with Gasteiger partial charge in [-0.05, 0) is 70.0 Å². The van der Waals surface area contributed by atoms with Gasteiger partial charge in [0.2, 0.25) is 0 Å². The lowest BCUT2D eigenvalue weighted by molar-refractivity contribution is -0.00653. The molecule has 1 aromatic heterocycles. The number of para-hydroxylation sites is 1. The largest absolute Gasteiger partial charge is 0.459 e. The summed E-state index contributed by atoms with van der Waals surface area (Å²) in [7, 11) is 0. The second kappa shape index (κ2) is 9.53. The molecular formula is C25H34N2O4. The average molecular weight is 427 g/mol. The third kappa shape index (κ3) is 4.55. The number of unbranched alkanes of at least 4 members (excludes halogenated alkanes) is 2. The highest BCUT2D eigenvalue weighted by Gasteiger charge is 2.41. The summed E-state index contributed by atoms with van der Waals surface area (Å²) in [6, 6.07) is 10.2. The average Bonchev–Trinajstić information content (AvgIpc) is 2.98. The summed E-state index contributed by atoms with van der Waals surface area (Å²) in [5, 5.41) is 9.85. The summed E-state index contributed by atoms with van der Waals surface area (Å²) < 4.78 is 7.59. The van der Waals surface area contributed by atoms with Crippen molar-refractivity contribution in [2.24, 2.45) is 0 Å². The number of esters is 1. The van der Waals surface area contributed by atoms with E-state index >= 15 is 0 Å². The third-order valence-electron chi connectivity index (χ3n) is 6.87. The molecule has 0 spiro atoms. The van der Waals surface area contributed by atoms with Crippen LogP contribution in [0.4, 0.5) is 0 Å². The van der Waals surface area contributed by atoms with Crippen molar-refractivity contribution < 1.29 is 14.6 Å². The molecule has 2 aromatic rings. The molecule has 31 heavy (non-hydrogen) atoms. The zero-order valence-corrected chi connectivity index (χ0v) is 18.6. The number of benzene rings is 1. The van der Waals surface area contributed by atoms with Crippen molar-refractivity contribution in [2.45, 2.75) is 83.0 Å². The van der Waals surface area contributed by atoms with Crippen molar-refractivity contribution in [1.82, 2.24) is 9.47 Å². The van der Waals surface area contributed by atoms with Crippen LogP contribution in [0.5, 0.6) is 0 Å². The van der Waals surface area contributed by atoms with E-state index in [4.69, 9.17) is 9.84 Å². The lowest BCUT2D eigenvalue weighted by Crippen LogP contribution is -2.46. The van der Waals surface area contributed by atoms with Gasteiger partial charge < -0.3 is 14.4 Å². The summed E-state index contributed by atoms with van der Waals surface area (Å²) in [6.07, 6.45) is 6.87. The topological polar surface area (TPSA) is 71.8 Å². The number of hydrogen-bond donors (Lipinski definition) is 1. The highest BCUT2D eigenvalue weighted by Crippen LogP contribution is 2.37. The predicted octanol–water partition coefficient (Wildman–Crippen LogP) is 3.90. The smallest absolute Gasteiger partial charge is 0.344 e. The lowest BCUT2D eigenvalue weighted by Gasteiger charge is -2.38. The Morgan fingerprint density at radius 3 is 2.52 bits per heavy atom. The molecule has 2 aliphatic rings. The van der Waals surface area contributed by atoms with E-state index < -0.39 is 5.97 Å². The SMILES string of the molecule is CC(C)n1c(=O)c(C(=O)OC2C[C@H]3CC[C@@H](C2)N3CCCCCO)cc2ccccc21. The molecule has 1 N–H and O–H groups in total. The number of pyridine rings is 1. The first kappa shape index (κ1) is 22.0. The van der Waals surface area contributed by atoms with E-state index in [0.29, 0.717) is 12.1 Å². The number of aliphatic hydroxyl groups is 1. The monoisotopic (exact) mass is 426 g/mol. The van der Waals surface area contributed by atoms with Crippen LogP contribution in [-0.2, 0) is 4.74 Å². The Kier molecular flexibility index (Phi) is 6.77.